The number of imidazole rings is 1. The summed E-state index contributed by atoms with van der Waals surface area (Å²) in [6.45, 7) is 4.09. The molecule has 0 bridgehead atoms. The minimum absolute atomic E-state index is 0.0337. The third-order valence-corrected chi connectivity index (χ3v) is 4.93. The van der Waals surface area contributed by atoms with E-state index in [4.69, 9.17) is 23.2 Å². The molecule has 0 saturated carbocycles. The van der Waals surface area contributed by atoms with Gasteiger partial charge in [-0.1, -0.05) is 37.0 Å². The summed E-state index contributed by atoms with van der Waals surface area (Å²) < 4.78 is 1.68. The van der Waals surface area contributed by atoms with Crippen LogP contribution in [-0.4, -0.2) is 44.3 Å². The quantitative estimate of drug-likeness (QED) is 0.535. The molecule has 0 saturated heterocycles. The van der Waals surface area contributed by atoms with Gasteiger partial charge in [0.1, 0.15) is 12.0 Å². The second kappa shape index (κ2) is 9.91. The third kappa shape index (κ3) is 5.95. The largest absolute Gasteiger partial charge is 0.481 e. The molecule has 7 nitrogen and oxygen atoms in total. The molecule has 28 heavy (non-hydrogen) atoms. The summed E-state index contributed by atoms with van der Waals surface area (Å²) in [7, 11) is 0. The van der Waals surface area contributed by atoms with E-state index in [0.29, 0.717) is 28.7 Å². The van der Waals surface area contributed by atoms with Crippen molar-refractivity contribution in [3.63, 3.8) is 0 Å². The Bertz CT molecular complexity index is 838. The van der Waals surface area contributed by atoms with Gasteiger partial charge in [0.15, 0.2) is 0 Å². The Hall–Kier alpha value is -2.09. The Labute approximate surface area is 173 Å². The Morgan fingerprint density at radius 2 is 1.93 bits per heavy atom. The number of rotatable bonds is 10. The minimum Gasteiger partial charge on any atom is -0.481 e. The van der Waals surface area contributed by atoms with E-state index < -0.39 is 23.9 Å². The molecule has 9 heteroatoms. The summed E-state index contributed by atoms with van der Waals surface area (Å²) in [6.07, 6.45) is 3.39. The highest BCUT2D eigenvalue weighted by atomic mass is 35.5. The molecule has 2 aromatic rings. The Morgan fingerprint density at radius 3 is 2.54 bits per heavy atom. The monoisotopic (exact) mass is 427 g/mol. The van der Waals surface area contributed by atoms with Gasteiger partial charge in [0.25, 0.3) is 0 Å². The molecule has 0 radical (unpaired) electrons. The van der Waals surface area contributed by atoms with E-state index in [1.54, 1.807) is 22.8 Å². The van der Waals surface area contributed by atoms with Crippen LogP contribution in [0.25, 0.3) is 0 Å². The van der Waals surface area contributed by atoms with Crippen molar-refractivity contribution in [2.45, 2.75) is 38.8 Å². The fourth-order valence-corrected chi connectivity index (χ4v) is 3.29. The maximum Gasteiger partial charge on any atom is 0.320 e. The van der Waals surface area contributed by atoms with Crippen LogP contribution in [0, 0.1) is 5.92 Å². The van der Waals surface area contributed by atoms with E-state index in [9.17, 15) is 19.8 Å². The third-order valence-electron chi connectivity index (χ3n) is 4.32. The molecule has 2 unspecified atom stereocenters. The van der Waals surface area contributed by atoms with Crippen LogP contribution in [0.1, 0.15) is 37.4 Å². The van der Waals surface area contributed by atoms with Crippen molar-refractivity contribution in [2.24, 2.45) is 5.92 Å². The second-order valence-corrected chi connectivity index (χ2v) is 7.85. The van der Waals surface area contributed by atoms with Gasteiger partial charge in [0.2, 0.25) is 0 Å². The summed E-state index contributed by atoms with van der Waals surface area (Å²) in [5, 5.41) is 22.9. The van der Waals surface area contributed by atoms with Gasteiger partial charge in [-0.05, 0) is 36.1 Å². The first kappa shape index (κ1) is 22.2. The molecule has 0 amide bonds. The molecule has 1 aromatic heterocycles. The summed E-state index contributed by atoms with van der Waals surface area (Å²) in [5.74, 6) is -2.88. The molecule has 152 valence electrons. The number of aliphatic carboxylic acids is 2. The Kier molecular flexibility index (Phi) is 7.86. The van der Waals surface area contributed by atoms with Crippen LogP contribution in [0.3, 0.4) is 0 Å². The predicted molar refractivity (Wildman–Crippen MR) is 107 cm³/mol. The number of nitrogens with zero attached hydrogens (tertiary/aromatic N) is 2. The molecule has 2 atom stereocenters. The number of halogens is 2. The van der Waals surface area contributed by atoms with Crippen LogP contribution < -0.4 is 5.32 Å². The van der Waals surface area contributed by atoms with Crippen molar-refractivity contribution in [3.8, 4) is 0 Å². The number of carboxylic acids is 2. The van der Waals surface area contributed by atoms with Crippen LogP contribution in [0.5, 0.6) is 0 Å². The van der Waals surface area contributed by atoms with E-state index >= 15 is 0 Å². The molecule has 1 heterocycles. The van der Waals surface area contributed by atoms with Crippen molar-refractivity contribution in [1.82, 2.24) is 14.9 Å². The van der Waals surface area contributed by atoms with Crippen molar-refractivity contribution < 1.29 is 19.8 Å². The maximum absolute atomic E-state index is 11.9. The molecule has 2 rings (SSSR count). The highest BCUT2D eigenvalue weighted by Gasteiger charge is 2.27. The highest BCUT2D eigenvalue weighted by Crippen LogP contribution is 2.24. The van der Waals surface area contributed by atoms with Crippen LogP contribution >= 0.6 is 23.2 Å². The lowest BCUT2D eigenvalue weighted by Crippen LogP contribution is -2.41. The number of hydrogen-bond acceptors (Lipinski definition) is 4. The van der Waals surface area contributed by atoms with Crippen LogP contribution in [0.15, 0.2) is 30.7 Å². The molecule has 0 aliphatic carbocycles. The molecule has 0 fully saturated rings. The number of carbonyl (C=O) groups is 2. The van der Waals surface area contributed by atoms with Crippen molar-refractivity contribution >= 4 is 35.1 Å². The minimum atomic E-state index is -1.07. The summed E-state index contributed by atoms with van der Waals surface area (Å²) in [4.78, 5) is 27.3. The standard InChI is InChI=1S/C19H23Cl2N3O4/c1-11(2)5-16(19(27)28)23-7-14(18(25)26)17-8-22-10-24(17)9-12-6-13(20)3-4-15(12)21/h3-4,6,8,10-11,14,16,23H,5,7,9H2,1-2H3,(H,25,26)(H,27,28). The fraction of sp³-hybridized carbons (Fsp3) is 0.421. The lowest BCUT2D eigenvalue weighted by molar-refractivity contribution is -0.142. The second-order valence-electron chi connectivity index (χ2n) is 7.00. The van der Waals surface area contributed by atoms with E-state index in [1.165, 1.54) is 12.5 Å². The smallest absolute Gasteiger partial charge is 0.320 e. The van der Waals surface area contributed by atoms with Crippen molar-refractivity contribution in [2.75, 3.05) is 6.54 Å². The van der Waals surface area contributed by atoms with Crippen molar-refractivity contribution in [1.29, 1.82) is 0 Å². The normalized spacial score (nSPS) is 13.5. The van der Waals surface area contributed by atoms with Gasteiger partial charge in [-0.2, -0.15) is 0 Å². The number of nitrogens with one attached hydrogen (secondary N) is 1. The molecular formula is C19H23Cl2N3O4. The number of hydrogen-bond donors (Lipinski definition) is 3. The number of aromatic nitrogens is 2. The SMILES string of the molecule is CC(C)CC(NCC(C(=O)O)c1cncn1Cc1cc(Cl)ccc1Cl)C(=O)O. The van der Waals surface area contributed by atoms with Gasteiger partial charge < -0.3 is 20.1 Å². The maximum atomic E-state index is 11.9. The van der Waals surface area contributed by atoms with Gasteiger partial charge in [0.05, 0.1) is 18.6 Å². The first-order valence-corrected chi connectivity index (χ1v) is 9.57. The van der Waals surface area contributed by atoms with E-state index in [1.807, 2.05) is 13.8 Å². The average Bonchev–Trinajstić information content (AvgIpc) is 3.04. The number of benzene rings is 1. The summed E-state index contributed by atoms with van der Waals surface area (Å²) in [5.41, 5.74) is 1.18. The Balaban J connectivity index is 2.21. The first-order chi connectivity index (χ1) is 13.2. The molecule has 0 aliphatic heterocycles. The first-order valence-electron chi connectivity index (χ1n) is 8.82. The van der Waals surface area contributed by atoms with Gasteiger partial charge >= 0.3 is 11.9 Å². The average molecular weight is 428 g/mol. The van der Waals surface area contributed by atoms with Gasteiger partial charge in [-0.3, -0.25) is 9.59 Å². The van der Waals surface area contributed by atoms with Crippen LogP contribution in [-0.2, 0) is 16.1 Å². The lowest BCUT2D eigenvalue weighted by Gasteiger charge is -2.20. The van der Waals surface area contributed by atoms with Gasteiger partial charge in [-0.25, -0.2) is 4.98 Å². The van der Waals surface area contributed by atoms with E-state index in [-0.39, 0.29) is 12.5 Å². The Morgan fingerprint density at radius 1 is 1.21 bits per heavy atom. The van der Waals surface area contributed by atoms with E-state index in [0.717, 1.165) is 5.56 Å². The summed E-state index contributed by atoms with van der Waals surface area (Å²) in [6, 6.07) is 4.24. The zero-order valence-electron chi connectivity index (χ0n) is 15.6. The molecule has 1 aromatic carbocycles. The highest BCUT2D eigenvalue weighted by molar-refractivity contribution is 6.33. The zero-order valence-corrected chi connectivity index (χ0v) is 17.1. The zero-order chi connectivity index (χ0) is 20.8. The van der Waals surface area contributed by atoms with Crippen molar-refractivity contribution in [3.05, 3.63) is 52.0 Å². The number of carboxylic acid groups (broad SMARTS) is 2. The molecule has 0 spiro atoms. The summed E-state index contributed by atoms with van der Waals surface area (Å²) >= 11 is 12.2. The molecule has 3 N–H and O–H groups in total. The van der Waals surface area contributed by atoms with Gasteiger partial charge in [-0.15, -0.1) is 0 Å². The van der Waals surface area contributed by atoms with E-state index in [2.05, 4.69) is 10.3 Å². The van der Waals surface area contributed by atoms with Crippen LogP contribution in [0.4, 0.5) is 0 Å². The molecular weight excluding hydrogens is 405 g/mol. The van der Waals surface area contributed by atoms with Crippen LogP contribution in [0.2, 0.25) is 10.0 Å². The topological polar surface area (TPSA) is 104 Å². The predicted octanol–water partition coefficient (Wildman–Crippen LogP) is 3.50. The fourth-order valence-electron chi connectivity index (χ4n) is 2.92. The van der Waals surface area contributed by atoms with Gasteiger partial charge in [0, 0.05) is 22.8 Å². The lowest BCUT2D eigenvalue weighted by atomic mass is 10.0. The molecule has 0 aliphatic rings.